The minimum absolute atomic E-state index is 0.00931. The molecule has 0 aromatic heterocycles. The second-order valence-electron chi connectivity index (χ2n) is 9.27. The molecular weight excluding hydrogens is 576 g/mol. The van der Waals surface area contributed by atoms with Gasteiger partial charge in [-0.05, 0) is 49.2 Å². The number of imide groups is 1. The number of anilines is 2. The number of carbonyl (C=O) groups is 4. The van der Waals surface area contributed by atoms with E-state index in [1.165, 1.54) is 26.1 Å². The number of carbonyl (C=O) groups excluding carboxylic acids is 4. The van der Waals surface area contributed by atoms with Crippen LogP contribution >= 0.6 is 0 Å². The first-order valence-corrected chi connectivity index (χ1v) is 12.2. The number of ether oxygens (including phenoxy) is 1. The molecule has 0 aliphatic carbocycles. The molecule has 0 saturated heterocycles. The molecule has 42 heavy (non-hydrogen) atoms. The van der Waals surface area contributed by atoms with Crippen molar-refractivity contribution in [1.82, 2.24) is 4.90 Å². The minimum Gasteiger partial charge on any atom is -0.462 e. The monoisotopic (exact) mass is 601 g/mol. The SMILES string of the molecule is CCOC(=O)/C(=C/N(C)c1ccc2c(c1)C(O)(C(F)(F)F)C(=O)N2C)C(=O)N(C=O)Cc1cccc(C(F)(F)F)c1C. The van der Waals surface area contributed by atoms with Gasteiger partial charge >= 0.3 is 18.3 Å². The third kappa shape index (κ3) is 5.68. The number of esters is 1. The smallest absolute Gasteiger partial charge is 0.430 e. The number of hydrogen-bond donors (Lipinski definition) is 1. The van der Waals surface area contributed by atoms with E-state index >= 15 is 0 Å². The van der Waals surface area contributed by atoms with Crippen LogP contribution in [0.25, 0.3) is 0 Å². The number of benzene rings is 2. The molecule has 1 aliphatic rings. The highest BCUT2D eigenvalue weighted by atomic mass is 19.4. The Labute approximate surface area is 235 Å². The van der Waals surface area contributed by atoms with Crippen LogP contribution in [0.4, 0.5) is 37.7 Å². The topological polar surface area (TPSA) is 107 Å². The van der Waals surface area contributed by atoms with Crippen LogP contribution in [0.3, 0.4) is 0 Å². The first-order chi connectivity index (χ1) is 19.4. The highest BCUT2D eigenvalue weighted by molar-refractivity contribution is 6.18. The lowest BCUT2D eigenvalue weighted by Crippen LogP contribution is -2.50. The molecule has 15 heteroatoms. The van der Waals surface area contributed by atoms with E-state index in [-0.39, 0.29) is 35.5 Å². The maximum Gasteiger partial charge on any atom is 0.430 e. The molecular formula is C27H25F6N3O6. The maximum atomic E-state index is 13.8. The van der Waals surface area contributed by atoms with Crippen LogP contribution in [-0.2, 0) is 42.2 Å². The quantitative estimate of drug-likeness (QED) is 0.123. The summed E-state index contributed by atoms with van der Waals surface area (Å²) in [5, 5.41) is 10.4. The van der Waals surface area contributed by atoms with E-state index in [1.807, 2.05) is 0 Å². The standard InChI is InChI=1S/C27H25F6N3O6/c1-5-42-23(39)18(22(38)36(14-37)12-16-7-6-8-19(15(16)2)26(28,29)30)13-34(3)17-9-10-21-20(11-17)25(41,27(31,32)33)24(40)35(21)4/h6-11,13-14,41H,5,12H2,1-4H3/b18-13+. The second kappa shape index (κ2) is 11.5. The molecule has 2 aromatic rings. The van der Waals surface area contributed by atoms with Gasteiger partial charge in [-0.15, -0.1) is 0 Å². The Morgan fingerprint density at radius 3 is 2.31 bits per heavy atom. The van der Waals surface area contributed by atoms with E-state index in [0.717, 1.165) is 49.3 Å². The lowest BCUT2D eigenvalue weighted by molar-refractivity contribution is -0.253. The lowest BCUT2D eigenvalue weighted by Gasteiger charge is -2.25. The lowest BCUT2D eigenvalue weighted by atomic mass is 9.94. The number of halogens is 6. The first kappa shape index (κ1) is 32.1. The van der Waals surface area contributed by atoms with Gasteiger partial charge in [-0.3, -0.25) is 19.3 Å². The van der Waals surface area contributed by atoms with Crippen molar-refractivity contribution in [1.29, 1.82) is 0 Å². The minimum atomic E-state index is -5.38. The number of fused-ring (bicyclic) bond motifs is 1. The van der Waals surface area contributed by atoms with Crippen molar-refractivity contribution in [3.63, 3.8) is 0 Å². The van der Waals surface area contributed by atoms with Crippen molar-refractivity contribution in [2.75, 3.05) is 30.5 Å². The number of rotatable bonds is 8. The third-order valence-electron chi connectivity index (χ3n) is 6.69. The van der Waals surface area contributed by atoms with Gasteiger partial charge in [0.25, 0.3) is 17.4 Å². The van der Waals surface area contributed by atoms with Crippen molar-refractivity contribution in [3.05, 3.63) is 70.4 Å². The maximum absolute atomic E-state index is 13.8. The molecule has 3 rings (SSSR count). The summed E-state index contributed by atoms with van der Waals surface area (Å²) in [6.45, 7) is 1.70. The van der Waals surface area contributed by atoms with Crippen LogP contribution in [0.5, 0.6) is 0 Å². The number of alkyl halides is 6. The predicted octanol–water partition coefficient (Wildman–Crippen LogP) is 3.81. The van der Waals surface area contributed by atoms with Crippen molar-refractivity contribution in [3.8, 4) is 0 Å². The van der Waals surface area contributed by atoms with Crippen LogP contribution in [-0.4, -0.2) is 61.1 Å². The Balaban J connectivity index is 2.04. The molecule has 0 bridgehead atoms. The van der Waals surface area contributed by atoms with Gasteiger partial charge in [0.15, 0.2) is 0 Å². The van der Waals surface area contributed by atoms with Crippen LogP contribution in [0, 0.1) is 6.92 Å². The fourth-order valence-electron chi connectivity index (χ4n) is 4.40. The van der Waals surface area contributed by atoms with Gasteiger partial charge in [0.2, 0.25) is 6.41 Å². The summed E-state index contributed by atoms with van der Waals surface area (Å²) in [5.74, 6) is -4.13. The summed E-state index contributed by atoms with van der Waals surface area (Å²) in [7, 11) is 2.27. The molecule has 3 amide bonds. The number of amides is 3. The summed E-state index contributed by atoms with van der Waals surface area (Å²) in [5.41, 5.74) is -7.05. The fraction of sp³-hybridized carbons (Fsp3) is 0.333. The highest BCUT2D eigenvalue weighted by Gasteiger charge is 2.66. The van der Waals surface area contributed by atoms with Gasteiger partial charge < -0.3 is 19.6 Å². The van der Waals surface area contributed by atoms with E-state index in [1.54, 1.807) is 0 Å². The van der Waals surface area contributed by atoms with Crippen LogP contribution in [0.2, 0.25) is 0 Å². The zero-order valence-electron chi connectivity index (χ0n) is 22.6. The Morgan fingerprint density at radius 2 is 1.76 bits per heavy atom. The molecule has 0 saturated carbocycles. The number of hydrogen-bond acceptors (Lipinski definition) is 7. The summed E-state index contributed by atoms with van der Waals surface area (Å²) < 4.78 is 86.3. The Bertz CT molecular complexity index is 1450. The molecule has 0 fully saturated rings. The normalized spacial score (nSPS) is 17.2. The van der Waals surface area contributed by atoms with Gasteiger partial charge in [0.1, 0.15) is 5.57 Å². The molecule has 9 nitrogen and oxygen atoms in total. The van der Waals surface area contributed by atoms with Crippen LogP contribution in [0.1, 0.15) is 29.2 Å². The van der Waals surface area contributed by atoms with Crippen molar-refractivity contribution in [2.45, 2.75) is 38.3 Å². The van der Waals surface area contributed by atoms with Crippen LogP contribution in [0.15, 0.2) is 48.2 Å². The summed E-state index contributed by atoms with van der Waals surface area (Å²) in [4.78, 5) is 52.3. The van der Waals surface area contributed by atoms with Gasteiger partial charge in [-0.25, -0.2) is 4.79 Å². The summed E-state index contributed by atoms with van der Waals surface area (Å²) >= 11 is 0. The summed E-state index contributed by atoms with van der Waals surface area (Å²) in [6, 6.07) is 6.39. The molecule has 1 aliphatic heterocycles. The first-order valence-electron chi connectivity index (χ1n) is 12.2. The Kier molecular flexibility index (Phi) is 8.77. The van der Waals surface area contributed by atoms with E-state index in [4.69, 9.17) is 4.74 Å². The molecule has 0 spiro atoms. The summed E-state index contributed by atoms with van der Waals surface area (Å²) in [6.07, 6.45) is -9.23. The molecule has 1 atom stereocenters. The Hall–Kier alpha value is -4.40. The number of likely N-dealkylation sites (N-methyl/N-ethyl adjacent to an activating group) is 1. The van der Waals surface area contributed by atoms with Crippen molar-refractivity contribution >= 4 is 35.6 Å². The second-order valence-corrected chi connectivity index (χ2v) is 9.27. The van der Waals surface area contributed by atoms with Crippen molar-refractivity contribution < 1.29 is 55.4 Å². The molecule has 1 unspecified atom stereocenters. The van der Waals surface area contributed by atoms with Gasteiger partial charge in [0, 0.05) is 31.5 Å². The number of aliphatic hydroxyl groups is 1. The predicted molar refractivity (Wildman–Crippen MR) is 136 cm³/mol. The van der Waals surface area contributed by atoms with E-state index < -0.39 is 59.0 Å². The van der Waals surface area contributed by atoms with E-state index in [0.29, 0.717) is 9.80 Å². The molecule has 2 aromatic carbocycles. The zero-order valence-corrected chi connectivity index (χ0v) is 22.6. The third-order valence-corrected chi connectivity index (χ3v) is 6.69. The molecule has 0 radical (unpaired) electrons. The molecule has 1 N–H and O–H groups in total. The fourth-order valence-corrected chi connectivity index (χ4v) is 4.40. The number of nitrogens with zero attached hydrogens (tertiary/aromatic N) is 3. The van der Waals surface area contributed by atoms with Gasteiger partial charge in [-0.2, -0.15) is 26.3 Å². The molecule has 1 heterocycles. The highest BCUT2D eigenvalue weighted by Crippen LogP contribution is 2.49. The molecule has 226 valence electrons. The Morgan fingerprint density at radius 1 is 1.12 bits per heavy atom. The van der Waals surface area contributed by atoms with Gasteiger partial charge in [-0.1, -0.05) is 12.1 Å². The van der Waals surface area contributed by atoms with Crippen molar-refractivity contribution in [2.24, 2.45) is 0 Å². The largest absolute Gasteiger partial charge is 0.462 e. The van der Waals surface area contributed by atoms with E-state index in [2.05, 4.69) is 0 Å². The van der Waals surface area contributed by atoms with Gasteiger partial charge in [0.05, 0.1) is 24.4 Å². The zero-order chi connectivity index (χ0) is 31.8. The average Bonchev–Trinajstić information content (AvgIpc) is 3.11. The average molecular weight is 602 g/mol. The van der Waals surface area contributed by atoms with E-state index in [9.17, 15) is 50.6 Å². The van der Waals surface area contributed by atoms with Crippen LogP contribution < -0.4 is 9.80 Å².